The number of aromatic nitrogens is 2. The van der Waals surface area contributed by atoms with Crippen LogP contribution >= 0.6 is 0 Å². The van der Waals surface area contributed by atoms with Gasteiger partial charge in [-0.1, -0.05) is 12.1 Å². The van der Waals surface area contributed by atoms with Crippen LogP contribution in [0.15, 0.2) is 30.5 Å². The Hall–Kier alpha value is -2.57. The average Bonchev–Trinajstić information content (AvgIpc) is 2.63. The summed E-state index contributed by atoms with van der Waals surface area (Å²) in [6, 6.07) is 6.18. The van der Waals surface area contributed by atoms with E-state index in [1.807, 2.05) is 0 Å². The molecule has 1 aromatic carbocycles. The predicted molar refractivity (Wildman–Crippen MR) is 58.0 cm³/mol. The van der Waals surface area contributed by atoms with Crippen molar-refractivity contribution in [3.8, 4) is 17.4 Å². The fourth-order valence-corrected chi connectivity index (χ4v) is 1.30. The lowest BCUT2D eigenvalue weighted by Gasteiger charge is -2.03. The third kappa shape index (κ3) is 2.17. The monoisotopic (exact) mass is 235 g/mol. The van der Waals surface area contributed by atoms with Gasteiger partial charge in [0.2, 0.25) is 0 Å². The quantitative estimate of drug-likeness (QED) is 0.647. The fourth-order valence-electron chi connectivity index (χ4n) is 1.30. The molecule has 0 radical (unpaired) electrons. The van der Waals surface area contributed by atoms with Gasteiger partial charge in [-0.15, -0.1) is 5.10 Å². The minimum Gasteiger partial charge on any atom is -0.504 e. The Morgan fingerprint density at radius 3 is 2.82 bits per heavy atom. The molecule has 0 bridgehead atoms. The maximum absolute atomic E-state index is 10.7. The zero-order valence-electron chi connectivity index (χ0n) is 8.90. The predicted octanol–water partition coefficient (Wildman–Crippen LogP) is 1.83. The number of nitrogens with zero attached hydrogens (tertiary/aromatic N) is 3. The van der Waals surface area contributed by atoms with Gasteiger partial charge < -0.3 is 9.84 Å². The molecule has 0 unspecified atom stereocenters. The number of hydrogen-bond acceptors (Lipinski definition) is 5. The first-order valence-corrected chi connectivity index (χ1v) is 4.72. The molecule has 1 heterocycles. The van der Waals surface area contributed by atoms with Crippen LogP contribution in [0.4, 0.5) is 5.69 Å². The van der Waals surface area contributed by atoms with Crippen LogP contribution in [0.25, 0.3) is 0 Å². The van der Waals surface area contributed by atoms with Gasteiger partial charge in [-0.2, -0.15) is 0 Å². The molecule has 0 atom stereocenters. The second-order valence-corrected chi connectivity index (χ2v) is 3.32. The van der Waals surface area contributed by atoms with E-state index in [2.05, 4.69) is 5.10 Å². The molecule has 0 aliphatic heterocycles. The maximum atomic E-state index is 10.7. The van der Waals surface area contributed by atoms with Crippen molar-refractivity contribution < 1.29 is 14.8 Å². The summed E-state index contributed by atoms with van der Waals surface area (Å²) in [5, 5.41) is 24.0. The normalized spacial score (nSPS) is 10.2. The first-order valence-electron chi connectivity index (χ1n) is 4.72. The van der Waals surface area contributed by atoms with E-state index < -0.39 is 4.92 Å². The van der Waals surface area contributed by atoms with Crippen molar-refractivity contribution in [2.24, 2.45) is 7.05 Å². The highest BCUT2D eigenvalue weighted by atomic mass is 16.6. The van der Waals surface area contributed by atoms with Crippen LogP contribution in [0.2, 0.25) is 0 Å². The Kier molecular flexibility index (Phi) is 2.65. The first-order chi connectivity index (χ1) is 8.08. The number of aryl methyl sites for hydroxylation is 1. The number of phenols is 1. The summed E-state index contributed by atoms with van der Waals surface area (Å²) in [5.41, 5.74) is -0.254. The molecule has 0 saturated carbocycles. The van der Waals surface area contributed by atoms with Crippen molar-refractivity contribution in [1.82, 2.24) is 9.78 Å². The van der Waals surface area contributed by atoms with E-state index >= 15 is 0 Å². The molecule has 0 aliphatic rings. The lowest BCUT2D eigenvalue weighted by atomic mass is 10.3. The topological polar surface area (TPSA) is 90.4 Å². The number of ether oxygens (including phenoxy) is 1. The minimum atomic E-state index is -0.595. The van der Waals surface area contributed by atoms with Gasteiger partial charge in [-0.25, -0.2) is 0 Å². The summed E-state index contributed by atoms with van der Waals surface area (Å²) in [4.78, 5) is 10.1. The molecule has 7 nitrogen and oxygen atoms in total. The summed E-state index contributed by atoms with van der Waals surface area (Å²) >= 11 is 0. The van der Waals surface area contributed by atoms with E-state index in [1.165, 1.54) is 23.0 Å². The van der Waals surface area contributed by atoms with Crippen molar-refractivity contribution in [3.05, 3.63) is 40.6 Å². The maximum Gasteiger partial charge on any atom is 0.350 e. The standard InChI is InChI=1S/C10H9N3O4/c1-12-6-7(13(15)16)10(11-12)17-9-5-3-2-4-8(9)14/h2-6,14H,1H3. The highest BCUT2D eigenvalue weighted by molar-refractivity contribution is 5.45. The minimum absolute atomic E-state index is 0.104. The van der Waals surface area contributed by atoms with Crippen LogP contribution < -0.4 is 4.74 Å². The highest BCUT2D eigenvalue weighted by Crippen LogP contribution is 2.33. The number of phenolic OH excluding ortho intramolecular Hbond substituents is 1. The molecule has 0 aliphatic carbocycles. The summed E-state index contributed by atoms with van der Waals surface area (Å²) in [6.45, 7) is 0. The summed E-state index contributed by atoms with van der Waals surface area (Å²) in [5.74, 6) is -0.138. The van der Waals surface area contributed by atoms with E-state index in [9.17, 15) is 15.2 Å². The van der Waals surface area contributed by atoms with Gasteiger partial charge in [0.05, 0.1) is 4.92 Å². The van der Waals surface area contributed by atoms with Crippen molar-refractivity contribution >= 4 is 5.69 Å². The molecule has 17 heavy (non-hydrogen) atoms. The second kappa shape index (κ2) is 4.12. The Labute approximate surface area is 96.0 Å². The van der Waals surface area contributed by atoms with Gasteiger partial charge in [0.25, 0.3) is 0 Å². The molecule has 0 amide bonds. The smallest absolute Gasteiger partial charge is 0.350 e. The van der Waals surface area contributed by atoms with Crippen molar-refractivity contribution in [2.75, 3.05) is 0 Å². The van der Waals surface area contributed by atoms with Crippen molar-refractivity contribution in [2.45, 2.75) is 0 Å². The number of benzene rings is 1. The van der Waals surface area contributed by atoms with E-state index in [0.717, 1.165) is 0 Å². The first kappa shape index (κ1) is 10.9. The van der Waals surface area contributed by atoms with Gasteiger partial charge >= 0.3 is 11.6 Å². The molecular weight excluding hydrogens is 226 g/mol. The Morgan fingerprint density at radius 1 is 1.47 bits per heavy atom. The largest absolute Gasteiger partial charge is 0.504 e. The number of rotatable bonds is 3. The van der Waals surface area contributed by atoms with Gasteiger partial charge in [-0.05, 0) is 12.1 Å². The van der Waals surface area contributed by atoms with Crippen LogP contribution in [-0.4, -0.2) is 19.8 Å². The van der Waals surface area contributed by atoms with Gasteiger partial charge in [0, 0.05) is 7.05 Å². The van der Waals surface area contributed by atoms with E-state index in [0.29, 0.717) is 0 Å². The van der Waals surface area contributed by atoms with Gasteiger partial charge in [0.15, 0.2) is 11.5 Å². The third-order valence-corrected chi connectivity index (χ3v) is 2.05. The van der Waals surface area contributed by atoms with Crippen molar-refractivity contribution in [1.29, 1.82) is 0 Å². The zero-order chi connectivity index (χ0) is 12.4. The lowest BCUT2D eigenvalue weighted by molar-refractivity contribution is -0.385. The molecule has 0 fully saturated rings. The van der Waals surface area contributed by atoms with Crippen LogP contribution in [0.5, 0.6) is 17.4 Å². The van der Waals surface area contributed by atoms with Crippen LogP contribution in [0.3, 0.4) is 0 Å². The molecule has 7 heteroatoms. The number of aromatic hydroxyl groups is 1. The lowest BCUT2D eigenvalue weighted by Crippen LogP contribution is -1.92. The molecule has 1 N–H and O–H groups in total. The van der Waals surface area contributed by atoms with Crippen LogP contribution in [0, 0.1) is 10.1 Å². The molecule has 88 valence electrons. The van der Waals surface area contributed by atoms with Gasteiger partial charge in [0.1, 0.15) is 6.20 Å². The van der Waals surface area contributed by atoms with Crippen LogP contribution in [0.1, 0.15) is 0 Å². The van der Waals surface area contributed by atoms with E-state index in [4.69, 9.17) is 4.74 Å². The summed E-state index contributed by atoms with van der Waals surface area (Å²) in [7, 11) is 1.55. The molecule has 0 spiro atoms. The zero-order valence-corrected chi connectivity index (χ0v) is 8.90. The Bertz CT molecular complexity index is 564. The van der Waals surface area contributed by atoms with E-state index in [-0.39, 0.29) is 23.1 Å². The molecule has 1 aromatic heterocycles. The number of hydrogen-bond donors (Lipinski definition) is 1. The molecule has 2 rings (SSSR count). The second-order valence-electron chi connectivity index (χ2n) is 3.32. The van der Waals surface area contributed by atoms with Crippen LogP contribution in [-0.2, 0) is 7.05 Å². The fraction of sp³-hybridized carbons (Fsp3) is 0.100. The molecular formula is C10H9N3O4. The van der Waals surface area contributed by atoms with Crippen molar-refractivity contribution in [3.63, 3.8) is 0 Å². The summed E-state index contributed by atoms with van der Waals surface area (Å²) < 4.78 is 6.47. The number of para-hydroxylation sites is 2. The Morgan fingerprint density at radius 2 is 2.18 bits per heavy atom. The summed E-state index contributed by atoms with van der Waals surface area (Å²) in [6.07, 6.45) is 1.23. The third-order valence-electron chi connectivity index (χ3n) is 2.05. The van der Waals surface area contributed by atoms with E-state index in [1.54, 1.807) is 19.2 Å². The highest BCUT2D eigenvalue weighted by Gasteiger charge is 2.21. The number of nitro groups is 1. The molecule has 0 saturated heterocycles. The SMILES string of the molecule is Cn1cc([N+](=O)[O-])c(Oc2ccccc2O)n1. The molecule has 2 aromatic rings. The Balaban J connectivity index is 2.36. The van der Waals surface area contributed by atoms with Gasteiger partial charge in [-0.3, -0.25) is 14.8 Å². The average molecular weight is 235 g/mol.